The Hall–Kier alpha value is -2.12. The fraction of sp³-hybridized carbons (Fsp3) is 0.667. The molecule has 8 heteroatoms. The molecule has 0 saturated heterocycles. The summed E-state index contributed by atoms with van der Waals surface area (Å²) in [6.45, 7) is 7.57. The first kappa shape index (κ1) is 15.9. The van der Waals surface area contributed by atoms with Crippen molar-refractivity contribution in [2.24, 2.45) is 11.1 Å². The largest absolute Gasteiger partial charge is 0.461 e. The molecule has 8 nitrogen and oxygen atoms in total. The summed E-state index contributed by atoms with van der Waals surface area (Å²) < 4.78 is 5.44. The van der Waals surface area contributed by atoms with Crippen LogP contribution < -0.4 is 21.1 Å². The number of aromatic nitrogens is 3. The van der Waals surface area contributed by atoms with Crippen LogP contribution in [-0.4, -0.2) is 40.6 Å². The second-order valence-electron chi connectivity index (χ2n) is 5.28. The lowest BCUT2D eigenvalue weighted by Crippen LogP contribution is -2.37. The van der Waals surface area contributed by atoms with Gasteiger partial charge in [-0.05, 0) is 27.7 Å². The second kappa shape index (κ2) is 6.36. The second-order valence-corrected chi connectivity index (χ2v) is 5.28. The van der Waals surface area contributed by atoms with Crippen molar-refractivity contribution in [2.45, 2.75) is 33.8 Å². The molecule has 0 aliphatic rings. The van der Waals surface area contributed by atoms with Gasteiger partial charge in [0.1, 0.15) is 0 Å². The van der Waals surface area contributed by atoms with Gasteiger partial charge in [0.05, 0.1) is 11.5 Å². The van der Waals surface area contributed by atoms with Crippen molar-refractivity contribution in [1.29, 1.82) is 0 Å². The highest BCUT2D eigenvalue weighted by atomic mass is 16.5. The number of hydrogen-bond acceptors (Lipinski definition) is 7. The zero-order valence-corrected chi connectivity index (χ0v) is 12.5. The van der Waals surface area contributed by atoms with Crippen molar-refractivity contribution in [3.63, 3.8) is 0 Å². The summed E-state index contributed by atoms with van der Waals surface area (Å²) in [7, 11) is 1.70. The molecule has 1 heterocycles. The molecule has 0 bridgehead atoms. The van der Waals surface area contributed by atoms with E-state index in [0.717, 1.165) is 0 Å². The van der Waals surface area contributed by atoms with Crippen molar-refractivity contribution in [3.8, 4) is 6.01 Å². The number of carbonyl (C=O) groups excluding carboxylic acids is 1. The molecule has 0 unspecified atom stereocenters. The molecule has 1 aromatic rings. The Morgan fingerprint density at radius 2 is 1.90 bits per heavy atom. The normalized spacial score (nSPS) is 11.3. The first-order chi connectivity index (χ1) is 9.24. The van der Waals surface area contributed by atoms with E-state index in [1.807, 2.05) is 13.8 Å². The Morgan fingerprint density at radius 1 is 1.30 bits per heavy atom. The van der Waals surface area contributed by atoms with Gasteiger partial charge in [-0.25, -0.2) is 0 Å². The minimum atomic E-state index is -0.703. The van der Waals surface area contributed by atoms with Crippen LogP contribution in [0.1, 0.15) is 27.7 Å². The average Bonchev–Trinajstić information content (AvgIpc) is 2.35. The molecule has 112 valence electrons. The number of nitrogens with zero attached hydrogens (tertiary/aromatic N) is 3. The summed E-state index contributed by atoms with van der Waals surface area (Å²) in [4.78, 5) is 23.6. The standard InChI is InChI=1S/C12H22N6O2/c1-7(2)20-11-17-9(14-5)16-10(18-11)15-6-12(3,4)8(13)19/h7H,6H2,1-5H3,(H2,13,19)(H2,14,15,16,17,18). The minimum Gasteiger partial charge on any atom is -0.461 e. The topological polar surface area (TPSA) is 115 Å². The summed E-state index contributed by atoms with van der Waals surface area (Å²) in [5.41, 5.74) is 4.61. The first-order valence-electron chi connectivity index (χ1n) is 6.39. The molecule has 0 saturated carbocycles. The molecule has 0 radical (unpaired) electrons. The van der Waals surface area contributed by atoms with Gasteiger partial charge in [0, 0.05) is 13.6 Å². The van der Waals surface area contributed by atoms with Crippen molar-refractivity contribution in [2.75, 3.05) is 24.2 Å². The molecule has 0 aliphatic carbocycles. The van der Waals surface area contributed by atoms with Gasteiger partial charge in [0.2, 0.25) is 17.8 Å². The van der Waals surface area contributed by atoms with E-state index in [4.69, 9.17) is 10.5 Å². The SMILES string of the molecule is CNc1nc(NCC(C)(C)C(N)=O)nc(OC(C)C)n1. The van der Waals surface area contributed by atoms with Gasteiger partial charge < -0.3 is 21.1 Å². The van der Waals surface area contributed by atoms with Crippen LogP contribution in [0.2, 0.25) is 0 Å². The lowest BCUT2D eigenvalue weighted by atomic mass is 9.93. The number of ether oxygens (including phenoxy) is 1. The van der Waals surface area contributed by atoms with Crippen molar-refractivity contribution in [3.05, 3.63) is 0 Å². The van der Waals surface area contributed by atoms with Crippen LogP contribution in [0.5, 0.6) is 6.01 Å². The minimum absolute atomic E-state index is 0.0444. The van der Waals surface area contributed by atoms with Crippen molar-refractivity contribution >= 4 is 17.8 Å². The van der Waals surface area contributed by atoms with E-state index in [9.17, 15) is 4.79 Å². The quantitative estimate of drug-likeness (QED) is 0.671. The van der Waals surface area contributed by atoms with Crippen molar-refractivity contribution < 1.29 is 9.53 Å². The van der Waals surface area contributed by atoms with E-state index < -0.39 is 11.3 Å². The number of rotatable bonds is 7. The maximum atomic E-state index is 11.3. The maximum Gasteiger partial charge on any atom is 0.323 e. The average molecular weight is 282 g/mol. The highest BCUT2D eigenvalue weighted by Crippen LogP contribution is 2.17. The van der Waals surface area contributed by atoms with Gasteiger partial charge >= 0.3 is 6.01 Å². The van der Waals surface area contributed by atoms with E-state index in [2.05, 4.69) is 25.6 Å². The van der Waals surface area contributed by atoms with E-state index in [-0.39, 0.29) is 12.1 Å². The molecule has 0 fully saturated rings. The monoisotopic (exact) mass is 282 g/mol. The number of amides is 1. The van der Waals surface area contributed by atoms with Crippen LogP contribution in [0.4, 0.5) is 11.9 Å². The molecule has 20 heavy (non-hydrogen) atoms. The van der Waals surface area contributed by atoms with Crippen LogP contribution in [0.3, 0.4) is 0 Å². The molecular weight excluding hydrogens is 260 g/mol. The molecule has 1 rings (SSSR count). The fourth-order valence-corrected chi connectivity index (χ4v) is 1.20. The van der Waals surface area contributed by atoms with E-state index in [0.29, 0.717) is 18.4 Å². The summed E-state index contributed by atoms with van der Waals surface area (Å²) in [6, 6.07) is 0.221. The molecule has 0 spiro atoms. The Balaban J connectivity index is 2.86. The fourth-order valence-electron chi connectivity index (χ4n) is 1.20. The Labute approximate surface area is 118 Å². The number of anilines is 2. The van der Waals surface area contributed by atoms with Crippen LogP contribution in [-0.2, 0) is 4.79 Å². The van der Waals surface area contributed by atoms with E-state index in [1.54, 1.807) is 20.9 Å². The number of carbonyl (C=O) groups is 1. The number of hydrogen-bond donors (Lipinski definition) is 3. The van der Waals surface area contributed by atoms with Gasteiger partial charge in [0.25, 0.3) is 0 Å². The molecule has 0 atom stereocenters. The van der Waals surface area contributed by atoms with Crippen LogP contribution in [0.15, 0.2) is 0 Å². The Bertz CT molecular complexity index is 475. The highest BCUT2D eigenvalue weighted by Gasteiger charge is 2.25. The predicted molar refractivity (Wildman–Crippen MR) is 76.6 cm³/mol. The van der Waals surface area contributed by atoms with Gasteiger partial charge in [-0.3, -0.25) is 4.79 Å². The Kier molecular flexibility index (Phi) is 5.06. The third kappa shape index (κ3) is 4.52. The summed E-state index contributed by atoms with van der Waals surface area (Å²) in [5.74, 6) is 0.316. The summed E-state index contributed by atoms with van der Waals surface area (Å²) in [5, 5.41) is 5.80. The molecular formula is C12H22N6O2. The van der Waals surface area contributed by atoms with Crippen LogP contribution in [0, 0.1) is 5.41 Å². The molecule has 4 N–H and O–H groups in total. The van der Waals surface area contributed by atoms with Gasteiger partial charge in [-0.1, -0.05) is 0 Å². The van der Waals surface area contributed by atoms with Crippen molar-refractivity contribution in [1.82, 2.24) is 15.0 Å². The lowest BCUT2D eigenvalue weighted by molar-refractivity contribution is -0.125. The van der Waals surface area contributed by atoms with Crippen LogP contribution in [0.25, 0.3) is 0 Å². The van der Waals surface area contributed by atoms with Gasteiger partial charge in [0.15, 0.2) is 0 Å². The summed E-state index contributed by atoms with van der Waals surface area (Å²) >= 11 is 0. The molecule has 0 aliphatic heterocycles. The molecule has 1 amide bonds. The van der Waals surface area contributed by atoms with Gasteiger partial charge in [-0.2, -0.15) is 15.0 Å². The van der Waals surface area contributed by atoms with E-state index >= 15 is 0 Å². The lowest BCUT2D eigenvalue weighted by Gasteiger charge is -2.20. The predicted octanol–water partition coefficient (Wildman–Crippen LogP) is 0.624. The third-order valence-electron chi connectivity index (χ3n) is 2.54. The number of primary amides is 1. The Morgan fingerprint density at radius 3 is 2.40 bits per heavy atom. The van der Waals surface area contributed by atoms with Gasteiger partial charge in [-0.15, -0.1) is 0 Å². The number of nitrogens with one attached hydrogen (secondary N) is 2. The summed E-state index contributed by atoms with van der Waals surface area (Å²) in [6.07, 6.45) is -0.0444. The zero-order chi connectivity index (χ0) is 15.3. The third-order valence-corrected chi connectivity index (χ3v) is 2.54. The van der Waals surface area contributed by atoms with Crippen LogP contribution >= 0.6 is 0 Å². The smallest absolute Gasteiger partial charge is 0.323 e. The van der Waals surface area contributed by atoms with E-state index in [1.165, 1.54) is 0 Å². The first-order valence-corrected chi connectivity index (χ1v) is 6.39. The maximum absolute atomic E-state index is 11.3. The molecule has 0 aromatic carbocycles. The number of nitrogens with two attached hydrogens (primary N) is 1. The molecule has 1 aromatic heterocycles. The highest BCUT2D eigenvalue weighted by molar-refractivity contribution is 5.80. The zero-order valence-electron chi connectivity index (χ0n) is 12.5.